The number of nitrogens with one attached hydrogen (secondary N) is 1. The van der Waals surface area contributed by atoms with Gasteiger partial charge in [0.05, 0.1) is 3.79 Å². The number of halogens is 1. The number of rotatable bonds is 5. The van der Waals surface area contributed by atoms with Crippen molar-refractivity contribution < 1.29 is 0 Å². The Morgan fingerprint density at radius 1 is 1.24 bits per heavy atom. The van der Waals surface area contributed by atoms with Gasteiger partial charge < -0.3 is 5.32 Å². The molecule has 2 rings (SSSR count). The van der Waals surface area contributed by atoms with Gasteiger partial charge >= 0.3 is 0 Å². The van der Waals surface area contributed by atoms with Gasteiger partial charge in [0.1, 0.15) is 0 Å². The number of hydrogen-bond donors (Lipinski definition) is 1. The van der Waals surface area contributed by atoms with Gasteiger partial charge in [-0.25, -0.2) is 0 Å². The summed E-state index contributed by atoms with van der Waals surface area (Å²) in [4.78, 5) is 2.67. The number of thioether (sulfide) groups is 1. The highest BCUT2D eigenvalue weighted by Crippen LogP contribution is 2.28. The predicted octanol–water partition coefficient (Wildman–Crippen LogP) is 5.23. The zero-order valence-corrected chi connectivity index (χ0v) is 12.8. The second-order valence-corrected chi connectivity index (χ2v) is 7.34. The molecule has 1 heterocycles. The first kappa shape index (κ1) is 13.0. The van der Waals surface area contributed by atoms with E-state index in [2.05, 4.69) is 64.6 Å². The molecule has 0 saturated carbocycles. The van der Waals surface area contributed by atoms with E-state index >= 15 is 0 Å². The molecule has 0 bridgehead atoms. The highest BCUT2D eigenvalue weighted by atomic mass is 79.9. The van der Waals surface area contributed by atoms with Crippen molar-refractivity contribution in [3.05, 3.63) is 45.1 Å². The van der Waals surface area contributed by atoms with E-state index in [1.807, 2.05) is 11.8 Å². The molecule has 0 aliphatic carbocycles. The van der Waals surface area contributed by atoms with Crippen LogP contribution in [-0.2, 0) is 6.54 Å². The monoisotopic (exact) mass is 327 g/mol. The van der Waals surface area contributed by atoms with Crippen molar-refractivity contribution in [2.24, 2.45) is 0 Å². The Bertz CT molecular complexity index is 482. The molecule has 0 radical (unpaired) electrons. The summed E-state index contributed by atoms with van der Waals surface area (Å²) < 4.78 is 1.19. The van der Waals surface area contributed by atoms with Crippen LogP contribution in [0, 0.1) is 0 Å². The Morgan fingerprint density at radius 2 is 2.06 bits per heavy atom. The van der Waals surface area contributed by atoms with Gasteiger partial charge in [0.25, 0.3) is 0 Å². The summed E-state index contributed by atoms with van der Waals surface area (Å²) in [5, 5.41) is 3.50. The van der Waals surface area contributed by atoms with Crippen LogP contribution in [-0.4, -0.2) is 5.75 Å². The zero-order valence-electron chi connectivity index (χ0n) is 9.57. The lowest BCUT2D eigenvalue weighted by Crippen LogP contribution is -1.98. The highest BCUT2D eigenvalue weighted by Gasteiger charge is 2.02. The average molecular weight is 328 g/mol. The molecule has 0 aliphatic rings. The standard InChI is InChI=1S/C13H14BrNS2/c1-2-16-12-6-4-3-5-11(12)15-9-10-7-8-13(14)17-10/h3-8,15H,2,9H2,1H3. The minimum absolute atomic E-state index is 0.886. The van der Waals surface area contributed by atoms with E-state index in [0.717, 1.165) is 12.3 Å². The molecule has 17 heavy (non-hydrogen) atoms. The summed E-state index contributed by atoms with van der Waals surface area (Å²) >= 11 is 7.13. The molecule has 0 amide bonds. The Hall–Kier alpha value is -0.450. The topological polar surface area (TPSA) is 12.0 Å². The third-order valence-electron chi connectivity index (χ3n) is 2.27. The fraction of sp³-hybridized carbons (Fsp3) is 0.231. The number of benzene rings is 1. The van der Waals surface area contributed by atoms with Crippen molar-refractivity contribution in [2.45, 2.75) is 18.4 Å². The number of hydrogen-bond acceptors (Lipinski definition) is 3. The fourth-order valence-corrected chi connectivity index (χ4v) is 3.73. The van der Waals surface area contributed by atoms with Gasteiger partial charge in [0, 0.05) is 22.0 Å². The number of thiophene rings is 1. The molecule has 1 aromatic carbocycles. The normalized spacial score (nSPS) is 10.5. The van der Waals surface area contributed by atoms with Crippen LogP contribution >= 0.6 is 39.0 Å². The SMILES string of the molecule is CCSc1ccccc1NCc1ccc(Br)s1. The van der Waals surface area contributed by atoms with Crippen LogP contribution < -0.4 is 5.32 Å². The van der Waals surface area contributed by atoms with E-state index in [4.69, 9.17) is 0 Å². The summed E-state index contributed by atoms with van der Waals surface area (Å²) in [6, 6.07) is 12.7. The van der Waals surface area contributed by atoms with Gasteiger partial charge in [-0.2, -0.15) is 0 Å². The van der Waals surface area contributed by atoms with Crippen molar-refractivity contribution in [3.8, 4) is 0 Å². The molecule has 2 aromatic rings. The van der Waals surface area contributed by atoms with Crippen LogP contribution in [0.2, 0.25) is 0 Å². The maximum absolute atomic E-state index is 3.50. The number of para-hydroxylation sites is 1. The molecule has 0 fully saturated rings. The predicted molar refractivity (Wildman–Crippen MR) is 82.2 cm³/mol. The van der Waals surface area contributed by atoms with Gasteiger partial charge in [-0.1, -0.05) is 19.1 Å². The molecule has 0 atom stereocenters. The van der Waals surface area contributed by atoms with Crippen LogP contribution in [0.15, 0.2) is 45.1 Å². The molecule has 0 saturated heterocycles. The summed E-state index contributed by atoms with van der Waals surface area (Å²) in [5.74, 6) is 1.10. The Kier molecular flexibility index (Phi) is 4.95. The largest absolute Gasteiger partial charge is 0.379 e. The Morgan fingerprint density at radius 3 is 2.76 bits per heavy atom. The van der Waals surface area contributed by atoms with Crippen LogP contribution in [0.1, 0.15) is 11.8 Å². The van der Waals surface area contributed by atoms with E-state index in [0.29, 0.717) is 0 Å². The van der Waals surface area contributed by atoms with Crippen molar-refractivity contribution >= 4 is 44.7 Å². The molecule has 4 heteroatoms. The first-order valence-electron chi connectivity index (χ1n) is 5.49. The highest BCUT2D eigenvalue weighted by molar-refractivity contribution is 9.11. The maximum atomic E-state index is 3.50. The first-order chi connectivity index (χ1) is 8.29. The van der Waals surface area contributed by atoms with Gasteiger partial charge in [0.15, 0.2) is 0 Å². The molecule has 0 spiro atoms. The molecular weight excluding hydrogens is 314 g/mol. The summed E-state index contributed by atoms with van der Waals surface area (Å²) in [6.45, 7) is 3.06. The summed E-state index contributed by atoms with van der Waals surface area (Å²) in [5.41, 5.74) is 1.23. The van der Waals surface area contributed by atoms with E-state index in [9.17, 15) is 0 Å². The minimum atomic E-state index is 0.886. The van der Waals surface area contributed by atoms with Gasteiger partial charge in [0.2, 0.25) is 0 Å². The summed E-state index contributed by atoms with van der Waals surface area (Å²) in [7, 11) is 0. The average Bonchev–Trinajstić information content (AvgIpc) is 2.74. The van der Waals surface area contributed by atoms with E-state index in [1.165, 1.54) is 19.2 Å². The van der Waals surface area contributed by atoms with Gasteiger partial charge in [-0.15, -0.1) is 23.1 Å². The van der Waals surface area contributed by atoms with Crippen LogP contribution in [0.25, 0.3) is 0 Å². The van der Waals surface area contributed by atoms with E-state index < -0.39 is 0 Å². The Labute approximate surface area is 119 Å². The first-order valence-corrected chi connectivity index (χ1v) is 8.09. The zero-order chi connectivity index (χ0) is 12.1. The van der Waals surface area contributed by atoms with Crippen molar-refractivity contribution in [1.82, 2.24) is 0 Å². The summed E-state index contributed by atoms with van der Waals surface area (Å²) in [6.07, 6.45) is 0. The van der Waals surface area contributed by atoms with Crippen LogP contribution in [0.4, 0.5) is 5.69 Å². The quantitative estimate of drug-likeness (QED) is 0.754. The molecule has 1 N–H and O–H groups in total. The molecule has 90 valence electrons. The van der Waals surface area contributed by atoms with Gasteiger partial charge in [-0.3, -0.25) is 0 Å². The maximum Gasteiger partial charge on any atom is 0.0702 e. The molecule has 0 aliphatic heterocycles. The molecule has 1 aromatic heterocycles. The molecule has 1 nitrogen and oxygen atoms in total. The molecular formula is C13H14BrNS2. The minimum Gasteiger partial charge on any atom is -0.379 e. The lowest BCUT2D eigenvalue weighted by atomic mass is 10.3. The van der Waals surface area contributed by atoms with Crippen LogP contribution in [0.5, 0.6) is 0 Å². The van der Waals surface area contributed by atoms with E-state index in [1.54, 1.807) is 11.3 Å². The van der Waals surface area contributed by atoms with Gasteiger partial charge in [-0.05, 0) is 45.9 Å². The second-order valence-electron chi connectivity index (χ2n) is 3.49. The van der Waals surface area contributed by atoms with Crippen molar-refractivity contribution in [2.75, 3.05) is 11.1 Å². The smallest absolute Gasteiger partial charge is 0.0702 e. The van der Waals surface area contributed by atoms with E-state index in [-0.39, 0.29) is 0 Å². The lowest BCUT2D eigenvalue weighted by Gasteiger charge is -2.09. The second kappa shape index (κ2) is 6.47. The van der Waals surface area contributed by atoms with Crippen molar-refractivity contribution in [1.29, 1.82) is 0 Å². The third kappa shape index (κ3) is 3.76. The van der Waals surface area contributed by atoms with Crippen LogP contribution in [0.3, 0.4) is 0 Å². The lowest BCUT2D eigenvalue weighted by molar-refractivity contribution is 1.17. The number of anilines is 1. The fourth-order valence-electron chi connectivity index (χ4n) is 1.52. The third-order valence-corrected chi connectivity index (χ3v) is 4.85. The Balaban J connectivity index is 2.03. The van der Waals surface area contributed by atoms with Crippen molar-refractivity contribution in [3.63, 3.8) is 0 Å². The molecule has 0 unspecified atom stereocenters.